The van der Waals surface area contributed by atoms with Gasteiger partial charge in [-0.2, -0.15) is 0 Å². The molecule has 0 spiro atoms. The monoisotopic (exact) mass is 375 g/mol. The highest BCUT2D eigenvalue weighted by Crippen LogP contribution is 2.19. The van der Waals surface area contributed by atoms with Crippen LogP contribution in [0.5, 0.6) is 0 Å². The summed E-state index contributed by atoms with van der Waals surface area (Å²) < 4.78 is 0. The zero-order valence-electron chi connectivity index (χ0n) is 15.1. The number of amides is 4. The summed E-state index contributed by atoms with van der Waals surface area (Å²) in [6.45, 7) is 0.390. The molecule has 0 bridgehead atoms. The van der Waals surface area contributed by atoms with Crippen molar-refractivity contribution in [3.63, 3.8) is 0 Å². The van der Waals surface area contributed by atoms with Crippen molar-refractivity contribution in [3.05, 3.63) is 35.9 Å². The molecule has 0 saturated carbocycles. The van der Waals surface area contributed by atoms with E-state index in [1.165, 1.54) is 0 Å². The number of likely N-dealkylation sites (tertiary alicyclic amines) is 1. The minimum absolute atomic E-state index is 0.143. The van der Waals surface area contributed by atoms with Crippen LogP contribution in [0.2, 0.25) is 0 Å². The molecule has 1 fully saturated rings. The van der Waals surface area contributed by atoms with Crippen molar-refractivity contribution in [2.24, 2.45) is 0 Å². The summed E-state index contributed by atoms with van der Waals surface area (Å²) in [4.78, 5) is 48.9. The quantitative estimate of drug-likeness (QED) is 0.243. The summed E-state index contributed by atoms with van der Waals surface area (Å²) in [5.74, 6) is -1.42. The molecule has 27 heavy (non-hydrogen) atoms. The number of carbonyl (C=O) groups excluding carboxylic acids is 4. The van der Waals surface area contributed by atoms with E-state index in [4.69, 9.17) is 5.21 Å². The first-order valence-corrected chi connectivity index (χ1v) is 9.12. The first-order valence-electron chi connectivity index (χ1n) is 9.12. The maximum Gasteiger partial charge on any atom is 0.243 e. The molecule has 1 aromatic carbocycles. The second-order valence-electron chi connectivity index (χ2n) is 6.50. The smallest absolute Gasteiger partial charge is 0.243 e. The fourth-order valence-corrected chi connectivity index (χ4v) is 3.05. The van der Waals surface area contributed by atoms with Crippen LogP contribution in [0.25, 0.3) is 0 Å². The summed E-state index contributed by atoms with van der Waals surface area (Å²) in [5.41, 5.74) is 2.45. The van der Waals surface area contributed by atoms with Crippen molar-refractivity contribution >= 4 is 23.6 Å². The van der Waals surface area contributed by atoms with Crippen LogP contribution >= 0.6 is 0 Å². The molecule has 1 heterocycles. The standard InChI is InChI=1S/C19H25N3O5/c23-16(21-27)9-5-2-6-12-20-19(26)15(13-14-7-3-1-4-8-14)22-17(24)10-11-18(22)25/h1,3-4,7-8,15,27H,2,5-6,9-13H2,(H,20,26)(H,21,23)/t15-/m0/s1. The molecule has 3 N–H and O–H groups in total. The number of nitrogens with zero attached hydrogens (tertiary/aromatic N) is 1. The Kier molecular flexibility index (Phi) is 7.94. The van der Waals surface area contributed by atoms with Gasteiger partial charge in [-0.3, -0.25) is 29.3 Å². The van der Waals surface area contributed by atoms with E-state index in [1.54, 1.807) is 5.48 Å². The lowest BCUT2D eigenvalue weighted by Gasteiger charge is -2.25. The van der Waals surface area contributed by atoms with Gasteiger partial charge in [0.2, 0.25) is 23.6 Å². The Labute approximate surface area is 157 Å². The molecule has 146 valence electrons. The Morgan fingerprint density at radius 2 is 1.70 bits per heavy atom. The molecular weight excluding hydrogens is 350 g/mol. The van der Waals surface area contributed by atoms with Gasteiger partial charge in [0.05, 0.1) is 0 Å². The van der Waals surface area contributed by atoms with Crippen molar-refractivity contribution in [1.82, 2.24) is 15.7 Å². The van der Waals surface area contributed by atoms with Gasteiger partial charge in [-0.1, -0.05) is 36.8 Å². The van der Waals surface area contributed by atoms with Crippen LogP contribution in [-0.2, 0) is 25.6 Å². The second kappa shape index (κ2) is 10.4. The van der Waals surface area contributed by atoms with Crippen molar-refractivity contribution in [2.75, 3.05) is 6.54 Å². The fraction of sp³-hybridized carbons (Fsp3) is 0.474. The number of hydrogen-bond donors (Lipinski definition) is 3. The molecule has 0 radical (unpaired) electrons. The summed E-state index contributed by atoms with van der Waals surface area (Å²) in [7, 11) is 0. The molecule has 8 nitrogen and oxygen atoms in total. The lowest BCUT2D eigenvalue weighted by molar-refractivity contribution is -0.146. The normalized spacial score (nSPS) is 14.9. The van der Waals surface area contributed by atoms with E-state index in [1.807, 2.05) is 30.3 Å². The van der Waals surface area contributed by atoms with Crippen molar-refractivity contribution in [2.45, 2.75) is 51.0 Å². The lowest BCUT2D eigenvalue weighted by Crippen LogP contribution is -2.50. The van der Waals surface area contributed by atoms with Crippen LogP contribution in [0.15, 0.2) is 30.3 Å². The number of carbonyl (C=O) groups is 4. The highest BCUT2D eigenvalue weighted by Gasteiger charge is 2.38. The maximum atomic E-state index is 12.7. The summed E-state index contributed by atoms with van der Waals surface area (Å²) >= 11 is 0. The Morgan fingerprint density at radius 1 is 1.04 bits per heavy atom. The van der Waals surface area contributed by atoms with Gasteiger partial charge >= 0.3 is 0 Å². The van der Waals surface area contributed by atoms with E-state index < -0.39 is 11.9 Å². The van der Waals surface area contributed by atoms with E-state index in [2.05, 4.69) is 5.32 Å². The van der Waals surface area contributed by atoms with Crippen LogP contribution in [0.1, 0.15) is 44.1 Å². The predicted octanol–water partition coefficient (Wildman–Crippen LogP) is 0.929. The highest BCUT2D eigenvalue weighted by atomic mass is 16.5. The van der Waals surface area contributed by atoms with E-state index in [0.29, 0.717) is 25.8 Å². The summed E-state index contributed by atoms with van der Waals surface area (Å²) in [6.07, 6.45) is 2.75. The molecule has 0 unspecified atom stereocenters. The van der Waals surface area contributed by atoms with Crippen LogP contribution in [0.3, 0.4) is 0 Å². The SMILES string of the molecule is O=C(CCCCCNC(=O)[C@H](Cc1ccccc1)N1C(=O)CCC1=O)NO. The first kappa shape index (κ1) is 20.6. The van der Waals surface area contributed by atoms with Gasteiger partial charge in [0, 0.05) is 32.2 Å². The number of imide groups is 1. The maximum absolute atomic E-state index is 12.7. The predicted molar refractivity (Wildman–Crippen MR) is 96.4 cm³/mol. The van der Waals surface area contributed by atoms with Gasteiger partial charge < -0.3 is 5.32 Å². The Balaban J connectivity index is 1.90. The minimum atomic E-state index is -0.852. The second-order valence-corrected chi connectivity index (χ2v) is 6.50. The Bertz CT molecular complexity index is 661. The number of nitrogens with one attached hydrogen (secondary N) is 2. The molecule has 1 aromatic rings. The third kappa shape index (κ3) is 6.18. The Morgan fingerprint density at radius 3 is 2.33 bits per heavy atom. The minimum Gasteiger partial charge on any atom is -0.354 e. The molecule has 1 atom stereocenters. The van der Waals surface area contributed by atoms with E-state index >= 15 is 0 Å². The molecule has 4 amide bonds. The molecule has 0 aromatic heterocycles. The molecule has 2 rings (SSSR count). The zero-order chi connectivity index (χ0) is 19.6. The molecular formula is C19H25N3O5. The molecule has 1 aliphatic heterocycles. The van der Waals surface area contributed by atoms with Gasteiger partial charge in [-0.05, 0) is 18.4 Å². The molecule has 1 saturated heterocycles. The summed E-state index contributed by atoms with van der Waals surface area (Å²) in [6, 6.07) is 8.42. The largest absolute Gasteiger partial charge is 0.354 e. The molecule has 8 heteroatoms. The topological polar surface area (TPSA) is 116 Å². The van der Waals surface area contributed by atoms with Crippen LogP contribution in [-0.4, -0.2) is 46.3 Å². The third-order valence-electron chi connectivity index (χ3n) is 4.48. The van der Waals surface area contributed by atoms with Crippen LogP contribution < -0.4 is 10.8 Å². The van der Waals surface area contributed by atoms with E-state index in [-0.39, 0.29) is 43.4 Å². The van der Waals surface area contributed by atoms with Crippen molar-refractivity contribution < 1.29 is 24.4 Å². The van der Waals surface area contributed by atoms with E-state index in [9.17, 15) is 19.2 Å². The lowest BCUT2D eigenvalue weighted by atomic mass is 10.0. The highest BCUT2D eigenvalue weighted by molar-refractivity contribution is 6.05. The zero-order valence-corrected chi connectivity index (χ0v) is 15.1. The number of benzene rings is 1. The summed E-state index contributed by atoms with van der Waals surface area (Å²) in [5, 5.41) is 11.2. The molecule has 0 aliphatic carbocycles. The number of unbranched alkanes of at least 4 members (excludes halogenated alkanes) is 2. The van der Waals surface area contributed by atoms with Gasteiger partial charge in [0.1, 0.15) is 6.04 Å². The van der Waals surface area contributed by atoms with Crippen LogP contribution in [0, 0.1) is 0 Å². The average molecular weight is 375 g/mol. The van der Waals surface area contributed by atoms with Crippen molar-refractivity contribution in [3.8, 4) is 0 Å². The van der Waals surface area contributed by atoms with Crippen molar-refractivity contribution in [1.29, 1.82) is 0 Å². The van der Waals surface area contributed by atoms with Gasteiger partial charge in [-0.15, -0.1) is 0 Å². The van der Waals surface area contributed by atoms with Gasteiger partial charge in [-0.25, -0.2) is 5.48 Å². The first-order chi connectivity index (χ1) is 13.0. The average Bonchev–Trinajstić information content (AvgIpc) is 3.01. The van der Waals surface area contributed by atoms with Gasteiger partial charge in [0.25, 0.3) is 0 Å². The number of hydroxylamine groups is 1. The molecule has 1 aliphatic rings. The Hall–Kier alpha value is -2.74. The number of hydrogen-bond acceptors (Lipinski definition) is 5. The van der Waals surface area contributed by atoms with Gasteiger partial charge in [0.15, 0.2) is 0 Å². The van der Waals surface area contributed by atoms with Crippen LogP contribution in [0.4, 0.5) is 0 Å². The van der Waals surface area contributed by atoms with E-state index in [0.717, 1.165) is 10.5 Å². The number of rotatable bonds is 10. The third-order valence-corrected chi connectivity index (χ3v) is 4.48. The fourth-order valence-electron chi connectivity index (χ4n) is 3.05.